The van der Waals surface area contributed by atoms with Gasteiger partial charge in [0.05, 0.1) is 11.9 Å². The van der Waals surface area contributed by atoms with Gasteiger partial charge in [-0.15, -0.1) is 0 Å². The fourth-order valence-electron chi connectivity index (χ4n) is 1.94. The normalized spacial score (nSPS) is 10.9. The Bertz CT molecular complexity index is 685. The first-order chi connectivity index (χ1) is 8.25. The van der Waals surface area contributed by atoms with Crippen LogP contribution in [0.3, 0.4) is 0 Å². The number of nitrogens with zero attached hydrogens (tertiary/aromatic N) is 3. The third kappa shape index (κ3) is 1.54. The number of nitrogen functional groups attached to an aromatic ring is 1. The van der Waals surface area contributed by atoms with E-state index in [2.05, 4.69) is 10.1 Å². The molecule has 0 spiro atoms. The summed E-state index contributed by atoms with van der Waals surface area (Å²) in [6.07, 6.45) is 7.38. The molecule has 1 aromatic carbocycles. The second-order valence-electron chi connectivity index (χ2n) is 4.06. The average Bonchev–Trinajstić information content (AvgIpc) is 2.77. The van der Waals surface area contributed by atoms with Crippen LogP contribution in [0.15, 0.2) is 43.0 Å². The Hall–Kier alpha value is -2.36. The highest BCUT2D eigenvalue weighted by atomic mass is 15.3. The summed E-state index contributed by atoms with van der Waals surface area (Å²) in [5, 5.41) is 6.33. The molecule has 17 heavy (non-hydrogen) atoms. The van der Waals surface area contributed by atoms with Crippen LogP contribution in [-0.2, 0) is 0 Å². The molecular formula is C13H12N4. The van der Waals surface area contributed by atoms with Crippen LogP contribution < -0.4 is 5.73 Å². The van der Waals surface area contributed by atoms with Crippen molar-refractivity contribution in [3.63, 3.8) is 0 Å². The summed E-state index contributed by atoms with van der Waals surface area (Å²) < 4.78 is 1.85. The summed E-state index contributed by atoms with van der Waals surface area (Å²) in [6, 6.07) is 5.78. The molecule has 2 heterocycles. The molecule has 0 unspecified atom stereocenters. The van der Waals surface area contributed by atoms with Gasteiger partial charge in [0.25, 0.3) is 0 Å². The first-order valence-electron chi connectivity index (χ1n) is 5.39. The third-order valence-corrected chi connectivity index (χ3v) is 2.79. The summed E-state index contributed by atoms with van der Waals surface area (Å²) in [5.74, 6) is 0. The average molecular weight is 224 g/mol. The molecular weight excluding hydrogens is 212 g/mol. The van der Waals surface area contributed by atoms with Gasteiger partial charge < -0.3 is 5.73 Å². The molecule has 2 aromatic heterocycles. The molecule has 0 fully saturated rings. The Morgan fingerprint density at radius 3 is 2.76 bits per heavy atom. The van der Waals surface area contributed by atoms with E-state index in [1.807, 2.05) is 48.4 Å². The second kappa shape index (κ2) is 3.59. The van der Waals surface area contributed by atoms with Crippen LogP contribution in [0.5, 0.6) is 0 Å². The summed E-state index contributed by atoms with van der Waals surface area (Å²) in [5.41, 5.74) is 8.83. The second-order valence-corrected chi connectivity index (χ2v) is 4.06. The van der Waals surface area contributed by atoms with E-state index in [9.17, 15) is 0 Å². The minimum absolute atomic E-state index is 0.759. The maximum atomic E-state index is 5.95. The molecule has 4 nitrogen and oxygen atoms in total. The maximum absolute atomic E-state index is 5.95. The van der Waals surface area contributed by atoms with E-state index in [1.54, 1.807) is 6.20 Å². The van der Waals surface area contributed by atoms with E-state index in [4.69, 9.17) is 5.73 Å². The molecule has 0 aliphatic rings. The highest BCUT2D eigenvalue weighted by Gasteiger charge is 2.06. The monoisotopic (exact) mass is 224 g/mol. The number of fused-ring (bicyclic) bond motifs is 1. The minimum Gasteiger partial charge on any atom is -0.398 e. The molecule has 0 saturated heterocycles. The Labute approximate surface area is 98.7 Å². The molecule has 0 aliphatic heterocycles. The SMILES string of the molecule is Cc1cnn(-c2ccc(N)c3ccncc23)c1. The number of rotatable bonds is 1. The van der Waals surface area contributed by atoms with Crippen molar-refractivity contribution in [1.82, 2.24) is 14.8 Å². The van der Waals surface area contributed by atoms with Crippen LogP contribution in [0.1, 0.15) is 5.56 Å². The number of hydrogen-bond acceptors (Lipinski definition) is 3. The van der Waals surface area contributed by atoms with Gasteiger partial charge in [-0.1, -0.05) is 0 Å². The smallest absolute Gasteiger partial charge is 0.0741 e. The first kappa shape index (κ1) is 9.84. The number of anilines is 1. The van der Waals surface area contributed by atoms with Crippen molar-refractivity contribution < 1.29 is 0 Å². The zero-order chi connectivity index (χ0) is 11.8. The van der Waals surface area contributed by atoms with Crippen molar-refractivity contribution in [3.05, 3.63) is 48.5 Å². The van der Waals surface area contributed by atoms with Crippen LogP contribution in [0.25, 0.3) is 16.5 Å². The lowest BCUT2D eigenvalue weighted by Gasteiger charge is -2.08. The largest absolute Gasteiger partial charge is 0.398 e. The molecule has 4 heteroatoms. The number of nitrogens with two attached hydrogens (primary N) is 1. The molecule has 2 N–H and O–H groups in total. The highest BCUT2D eigenvalue weighted by molar-refractivity contribution is 5.97. The molecule has 84 valence electrons. The van der Waals surface area contributed by atoms with Crippen LogP contribution in [-0.4, -0.2) is 14.8 Å². The topological polar surface area (TPSA) is 56.7 Å². The van der Waals surface area contributed by atoms with Gasteiger partial charge >= 0.3 is 0 Å². The van der Waals surface area contributed by atoms with Crippen molar-refractivity contribution in [1.29, 1.82) is 0 Å². The molecule has 0 atom stereocenters. The first-order valence-corrected chi connectivity index (χ1v) is 5.39. The van der Waals surface area contributed by atoms with E-state index in [-0.39, 0.29) is 0 Å². The zero-order valence-electron chi connectivity index (χ0n) is 9.46. The molecule has 3 aromatic rings. The van der Waals surface area contributed by atoms with Gasteiger partial charge in [-0.25, -0.2) is 4.68 Å². The summed E-state index contributed by atoms with van der Waals surface area (Å²) in [7, 11) is 0. The molecule has 0 saturated carbocycles. The van der Waals surface area contributed by atoms with E-state index in [0.717, 1.165) is 27.7 Å². The van der Waals surface area contributed by atoms with Crippen LogP contribution in [0.2, 0.25) is 0 Å². The number of aromatic nitrogens is 3. The van der Waals surface area contributed by atoms with Crippen molar-refractivity contribution >= 4 is 16.5 Å². The van der Waals surface area contributed by atoms with Gasteiger partial charge in [0, 0.05) is 35.1 Å². The van der Waals surface area contributed by atoms with Gasteiger partial charge in [-0.3, -0.25) is 4.98 Å². The quantitative estimate of drug-likeness (QED) is 0.645. The Morgan fingerprint density at radius 2 is 2.00 bits per heavy atom. The van der Waals surface area contributed by atoms with E-state index < -0.39 is 0 Å². The van der Waals surface area contributed by atoms with Crippen LogP contribution in [0.4, 0.5) is 5.69 Å². The van der Waals surface area contributed by atoms with E-state index in [1.165, 1.54) is 0 Å². The molecule has 3 rings (SSSR count). The summed E-state index contributed by atoms with van der Waals surface area (Å²) in [6.45, 7) is 2.02. The lowest BCUT2D eigenvalue weighted by atomic mass is 10.1. The number of benzene rings is 1. The standard InChI is InChI=1S/C13H12N4/c1-9-6-16-17(8-9)13-3-2-12(14)10-4-5-15-7-11(10)13/h2-8H,14H2,1H3. The van der Waals surface area contributed by atoms with Crippen LogP contribution >= 0.6 is 0 Å². The van der Waals surface area contributed by atoms with E-state index >= 15 is 0 Å². The van der Waals surface area contributed by atoms with Crippen LogP contribution in [0, 0.1) is 6.92 Å². The Kier molecular flexibility index (Phi) is 2.08. The summed E-state index contributed by atoms with van der Waals surface area (Å²) in [4.78, 5) is 4.15. The van der Waals surface area contributed by atoms with Crippen molar-refractivity contribution in [2.24, 2.45) is 0 Å². The molecule has 0 amide bonds. The molecule has 0 bridgehead atoms. The maximum Gasteiger partial charge on any atom is 0.0741 e. The zero-order valence-corrected chi connectivity index (χ0v) is 9.46. The summed E-state index contributed by atoms with van der Waals surface area (Å²) >= 11 is 0. The number of aryl methyl sites for hydroxylation is 1. The van der Waals surface area contributed by atoms with Gasteiger partial charge in [0.2, 0.25) is 0 Å². The van der Waals surface area contributed by atoms with Crippen molar-refractivity contribution in [3.8, 4) is 5.69 Å². The third-order valence-electron chi connectivity index (χ3n) is 2.79. The van der Waals surface area contributed by atoms with Crippen molar-refractivity contribution in [2.75, 3.05) is 5.73 Å². The fourth-order valence-corrected chi connectivity index (χ4v) is 1.94. The Balaban J connectivity index is 2.34. The van der Waals surface area contributed by atoms with Gasteiger partial charge in [-0.05, 0) is 30.7 Å². The number of pyridine rings is 1. The minimum atomic E-state index is 0.759. The highest BCUT2D eigenvalue weighted by Crippen LogP contribution is 2.26. The lowest BCUT2D eigenvalue weighted by molar-refractivity contribution is 0.887. The van der Waals surface area contributed by atoms with Gasteiger partial charge in [0.1, 0.15) is 0 Å². The van der Waals surface area contributed by atoms with E-state index in [0.29, 0.717) is 0 Å². The molecule has 0 radical (unpaired) electrons. The van der Waals surface area contributed by atoms with Crippen molar-refractivity contribution in [2.45, 2.75) is 6.92 Å². The predicted octanol–water partition coefficient (Wildman–Crippen LogP) is 2.31. The lowest BCUT2D eigenvalue weighted by Crippen LogP contribution is -1.97. The Morgan fingerprint density at radius 1 is 1.12 bits per heavy atom. The van der Waals surface area contributed by atoms with Gasteiger partial charge in [-0.2, -0.15) is 5.10 Å². The fraction of sp³-hybridized carbons (Fsp3) is 0.0769. The van der Waals surface area contributed by atoms with Gasteiger partial charge in [0.15, 0.2) is 0 Å². The predicted molar refractivity (Wildman–Crippen MR) is 68.0 cm³/mol. The number of hydrogen-bond donors (Lipinski definition) is 1. The molecule has 0 aliphatic carbocycles.